The van der Waals surface area contributed by atoms with Crippen molar-refractivity contribution in [1.82, 2.24) is 0 Å². The molecule has 62 heavy (non-hydrogen) atoms. The van der Waals surface area contributed by atoms with Crippen LogP contribution in [0.25, 0.3) is 12.2 Å². The van der Waals surface area contributed by atoms with Crippen LogP contribution in [0.15, 0.2) is 118 Å². The molecule has 1 heterocycles. The predicted molar refractivity (Wildman–Crippen MR) is 240 cm³/mol. The molecule has 0 bridgehead atoms. The normalized spacial score (nSPS) is 19.1. The van der Waals surface area contributed by atoms with Crippen LogP contribution in [-0.2, 0) is 38.0 Å². The van der Waals surface area contributed by atoms with Gasteiger partial charge in [0, 0.05) is 21.1 Å². The highest BCUT2D eigenvalue weighted by molar-refractivity contribution is 9.10. The maximum Gasteiger partial charge on any atom is 0.338 e. The Morgan fingerprint density at radius 2 is 1.13 bits per heavy atom. The SMILES string of the molecule is CCCCCC[C@@H](C)O[C@@H]1O[C@H](COC(=O)/C=C/c2ccc(OC)cc2)[C@@H](OC(=O)/C=C/c2ccc(OC)cc2)[C@H](OC(=O)c2ccc(Br)cc2)[C@H]1OC(=O)c1ccc(Br)cc1. The number of carbonyl (C=O) groups excluding carboxylic acids is 4. The molecule has 12 nitrogen and oxygen atoms in total. The predicted octanol–water partition coefficient (Wildman–Crippen LogP) is 9.96. The van der Waals surface area contributed by atoms with Gasteiger partial charge in [-0.15, -0.1) is 0 Å². The van der Waals surface area contributed by atoms with Gasteiger partial charge in [0.25, 0.3) is 0 Å². The number of hydrogen-bond acceptors (Lipinski definition) is 12. The second kappa shape index (κ2) is 24.4. The lowest BCUT2D eigenvalue weighted by Crippen LogP contribution is -2.63. The Kier molecular flexibility index (Phi) is 18.8. The molecule has 0 spiro atoms. The smallest absolute Gasteiger partial charge is 0.338 e. The van der Waals surface area contributed by atoms with Gasteiger partial charge in [0.05, 0.1) is 31.5 Å². The minimum atomic E-state index is -1.53. The molecule has 6 atom stereocenters. The van der Waals surface area contributed by atoms with Gasteiger partial charge in [-0.05, 0) is 109 Å². The molecule has 1 aliphatic heterocycles. The Morgan fingerprint density at radius 3 is 1.63 bits per heavy atom. The summed E-state index contributed by atoms with van der Waals surface area (Å²) in [5, 5.41) is 0. The summed E-state index contributed by atoms with van der Waals surface area (Å²) in [5.41, 5.74) is 1.73. The van der Waals surface area contributed by atoms with E-state index in [1.54, 1.807) is 117 Å². The molecular formula is C48H50Br2O12. The van der Waals surface area contributed by atoms with Crippen molar-refractivity contribution in [3.05, 3.63) is 140 Å². The molecule has 4 aromatic carbocycles. The Morgan fingerprint density at radius 1 is 0.629 bits per heavy atom. The summed E-state index contributed by atoms with van der Waals surface area (Å²) >= 11 is 6.78. The number of methoxy groups -OCH3 is 2. The van der Waals surface area contributed by atoms with Gasteiger partial charge in [0.1, 0.15) is 24.2 Å². The number of ether oxygens (including phenoxy) is 8. The first kappa shape index (κ1) is 47.8. The fourth-order valence-electron chi connectivity index (χ4n) is 6.38. The minimum Gasteiger partial charge on any atom is -0.497 e. The van der Waals surface area contributed by atoms with Crippen LogP contribution < -0.4 is 9.47 Å². The summed E-state index contributed by atoms with van der Waals surface area (Å²) in [4.78, 5) is 54.8. The molecule has 1 saturated heterocycles. The average molecular weight is 979 g/mol. The summed E-state index contributed by atoms with van der Waals surface area (Å²) in [6.07, 6.45) is 2.52. The van der Waals surface area contributed by atoms with Gasteiger partial charge in [-0.25, -0.2) is 19.2 Å². The Hall–Kier alpha value is -5.28. The molecule has 0 N–H and O–H groups in total. The lowest BCUT2D eigenvalue weighted by Gasteiger charge is -2.44. The highest BCUT2D eigenvalue weighted by Gasteiger charge is 2.54. The van der Waals surface area contributed by atoms with E-state index >= 15 is 0 Å². The number of rotatable bonds is 20. The molecule has 0 saturated carbocycles. The molecule has 1 aliphatic rings. The van der Waals surface area contributed by atoms with Crippen molar-refractivity contribution in [2.24, 2.45) is 0 Å². The molecule has 5 rings (SSSR count). The van der Waals surface area contributed by atoms with E-state index < -0.39 is 67.3 Å². The molecule has 0 aliphatic carbocycles. The van der Waals surface area contributed by atoms with Crippen molar-refractivity contribution in [1.29, 1.82) is 0 Å². The third kappa shape index (κ3) is 14.7. The maximum absolute atomic E-state index is 14.0. The van der Waals surface area contributed by atoms with E-state index in [9.17, 15) is 19.2 Å². The van der Waals surface area contributed by atoms with E-state index in [0.29, 0.717) is 29.0 Å². The summed E-state index contributed by atoms with van der Waals surface area (Å²) in [5.74, 6) is -1.89. The first-order valence-corrected chi connectivity index (χ1v) is 21.8. The van der Waals surface area contributed by atoms with Crippen molar-refractivity contribution in [2.75, 3.05) is 20.8 Å². The van der Waals surface area contributed by atoms with Crippen LogP contribution >= 0.6 is 31.9 Å². The largest absolute Gasteiger partial charge is 0.497 e. The van der Waals surface area contributed by atoms with Gasteiger partial charge in [0.2, 0.25) is 0 Å². The van der Waals surface area contributed by atoms with E-state index in [-0.39, 0.29) is 11.1 Å². The summed E-state index contributed by atoms with van der Waals surface area (Å²) in [6, 6.07) is 26.9. The number of unbranched alkanes of at least 4 members (excludes halogenated alkanes) is 3. The number of benzene rings is 4. The van der Waals surface area contributed by atoms with Crippen molar-refractivity contribution >= 4 is 67.9 Å². The van der Waals surface area contributed by atoms with Crippen molar-refractivity contribution in [3.63, 3.8) is 0 Å². The van der Waals surface area contributed by atoms with Gasteiger partial charge in [0.15, 0.2) is 24.6 Å². The highest BCUT2D eigenvalue weighted by Crippen LogP contribution is 2.33. The number of esters is 4. The van der Waals surface area contributed by atoms with E-state index in [0.717, 1.165) is 34.6 Å². The molecule has 0 aromatic heterocycles. The summed E-state index contributed by atoms with van der Waals surface area (Å²) < 4.78 is 49.0. The third-order valence-electron chi connectivity index (χ3n) is 9.77. The Bertz CT molecular complexity index is 2120. The zero-order chi connectivity index (χ0) is 44.4. The van der Waals surface area contributed by atoms with Gasteiger partial charge in [-0.2, -0.15) is 0 Å². The highest BCUT2D eigenvalue weighted by atomic mass is 79.9. The van der Waals surface area contributed by atoms with E-state index in [4.69, 9.17) is 37.9 Å². The average Bonchev–Trinajstić information content (AvgIpc) is 3.28. The van der Waals surface area contributed by atoms with Crippen molar-refractivity contribution in [2.45, 2.75) is 82.8 Å². The maximum atomic E-state index is 14.0. The van der Waals surface area contributed by atoms with Crippen LogP contribution in [0.3, 0.4) is 0 Å². The van der Waals surface area contributed by atoms with Crippen LogP contribution in [0, 0.1) is 0 Å². The lowest BCUT2D eigenvalue weighted by atomic mass is 9.97. The fourth-order valence-corrected chi connectivity index (χ4v) is 6.91. The monoisotopic (exact) mass is 976 g/mol. The first-order chi connectivity index (χ1) is 30.0. The van der Waals surface area contributed by atoms with Gasteiger partial charge in [-0.3, -0.25) is 0 Å². The molecule has 0 radical (unpaired) electrons. The second-order valence-electron chi connectivity index (χ2n) is 14.3. The minimum absolute atomic E-state index is 0.163. The standard InChI is InChI=1S/C48H50Br2O12/c1-5-6-7-8-9-31(2)58-48-45(62-47(54)35-18-22-37(50)23-19-35)44(61-46(53)34-16-20-36(49)21-17-34)43(60-42(52)29-15-33-12-26-39(56-4)27-13-33)40(59-48)30-57-41(51)28-14-32-10-24-38(55-3)25-11-32/h10-29,31,40,43-45,48H,5-9,30H2,1-4H3/b28-14+,29-15+/t31-,40-,43-,44+,45-,48-/m1/s1. The van der Waals surface area contributed by atoms with E-state index in [1.807, 2.05) is 6.92 Å². The van der Waals surface area contributed by atoms with Gasteiger partial charge >= 0.3 is 23.9 Å². The third-order valence-corrected chi connectivity index (χ3v) is 10.8. The number of carbonyl (C=O) groups is 4. The topological polar surface area (TPSA) is 142 Å². The molecule has 0 unspecified atom stereocenters. The van der Waals surface area contributed by atoms with Crippen molar-refractivity contribution < 1.29 is 57.1 Å². The van der Waals surface area contributed by atoms with Crippen LogP contribution in [0.1, 0.15) is 77.8 Å². The number of halogens is 2. The van der Waals surface area contributed by atoms with Crippen molar-refractivity contribution in [3.8, 4) is 11.5 Å². The van der Waals surface area contributed by atoms with Crippen LogP contribution in [0.2, 0.25) is 0 Å². The fraction of sp³-hybridized carbons (Fsp3) is 0.333. The molecule has 4 aromatic rings. The summed E-state index contributed by atoms with van der Waals surface area (Å²) in [7, 11) is 3.11. The quantitative estimate of drug-likeness (QED) is 0.0360. The molecule has 14 heteroatoms. The van der Waals surface area contributed by atoms with Gasteiger partial charge < -0.3 is 37.9 Å². The van der Waals surface area contributed by atoms with Crippen LogP contribution in [0.4, 0.5) is 0 Å². The van der Waals surface area contributed by atoms with E-state index in [1.165, 1.54) is 18.2 Å². The zero-order valence-electron chi connectivity index (χ0n) is 34.9. The second-order valence-corrected chi connectivity index (χ2v) is 16.2. The zero-order valence-corrected chi connectivity index (χ0v) is 38.1. The van der Waals surface area contributed by atoms with E-state index in [2.05, 4.69) is 38.8 Å². The lowest BCUT2D eigenvalue weighted by molar-refractivity contribution is -0.310. The van der Waals surface area contributed by atoms with Gasteiger partial charge in [-0.1, -0.05) is 88.7 Å². The Balaban J connectivity index is 1.52. The molecular weight excluding hydrogens is 928 g/mol. The van der Waals surface area contributed by atoms with Crippen LogP contribution in [0.5, 0.6) is 11.5 Å². The summed E-state index contributed by atoms with van der Waals surface area (Å²) in [6.45, 7) is 3.51. The molecule has 328 valence electrons. The Labute approximate surface area is 378 Å². The first-order valence-electron chi connectivity index (χ1n) is 20.2. The van der Waals surface area contributed by atoms with Crippen LogP contribution in [-0.4, -0.2) is 81.5 Å². The number of hydrogen-bond donors (Lipinski definition) is 0. The molecule has 1 fully saturated rings. The molecule has 0 amide bonds.